The van der Waals surface area contributed by atoms with E-state index in [0.29, 0.717) is 19.3 Å². The molecule has 32 heavy (non-hydrogen) atoms. The van der Waals surface area contributed by atoms with Crippen molar-refractivity contribution < 1.29 is 19.0 Å². The summed E-state index contributed by atoms with van der Waals surface area (Å²) in [5, 5.41) is 11.9. The van der Waals surface area contributed by atoms with Gasteiger partial charge in [-0.15, -0.1) is 11.3 Å². The van der Waals surface area contributed by atoms with Crippen molar-refractivity contribution in [1.29, 1.82) is 0 Å². The van der Waals surface area contributed by atoms with Crippen LogP contribution in [0.2, 0.25) is 0 Å². The molecule has 1 aliphatic rings. The fourth-order valence-corrected chi connectivity index (χ4v) is 4.59. The number of methoxy groups -OCH3 is 1. The molecule has 8 heteroatoms. The zero-order chi connectivity index (χ0) is 22.7. The predicted octanol–water partition coefficient (Wildman–Crippen LogP) is 6.10. The first kappa shape index (κ1) is 22.1. The number of hydrogen-bond donors (Lipinski definition) is 1. The lowest BCUT2D eigenvalue weighted by atomic mass is 10.0. The first-order valence-electron chi connectivity index (χ1n) is 10.4. The molecule has 3 aromatic rings. The maximum Gasteiger partial charge on any atom is 0.303 e. The summed E-state index contributed by atoms with van der Waals surface area (Å²) in [7, 11) is 1.64. The molecule has 2 aromatic carbocycles. The van der Waals surface area contributed by atoms with E-state index in [9.17, 15) is 9.18 Å². The smallest absolute Gasteiger partial charge is 0.303 e. The number of hydrogen-bond acceptors (Lipinski definition) is 6. The van der Waals surface area contributed by atoms with Gasteiger partial charge >= 0.3 is 5.97 Å². The van der Waals surface area contributed by atoms with Gasteiger partial charge in [-0.05, 0) is 50.1 Å². The first-order valence-corrected chi connectivity index (χ1v) is 11.3. The van der Waals surface area contributed by atoms with E-state index in [-0.39, 0.29) is 12.2 Å². The number of aliphatic imine (C=N–C) groups is 1. The summed E-state index contributed by atoms with van der Waals surface area (Å²) in [5.41, 5.74) is 4.43. The van der Waals surface area contributed by atoms with E-state index in [2.05, 4.69) is 4.98 Å². The van der Waals surface area contributed by atoms with Gasteiger partial charge in [0.1, 0.15) is 16.7 Å². The molecule has 1 N–H and O–H groups in total. The molecule has 6 nitrogen and oxygen atoms in total. The summed E-state index contributed by atoms with van der Waals surface area (Å²) >= 11 is 1.59. The zero-order valence-electron chi connectivity index (χ0n) is 17.9. The summed E-state index contributed by atoms with van der Waals surface area (Å²) in [5.74, 6) is -0.369. The molecule has 1 unspecified atom stereocenters. The van der Waals surface area contributed by atoms with Crippen LogP contribution < -0.4 is 4.90 Å². The highest BCUT2D eigenvalue weighted by molar-refractivity contribution is 7.13. The molecule has 1 atom stereocenters. The van der Waals surface area contributed by atoms with Crippen molar-refractivity contribution in [3.63, 3.8) is 0 Å². The molecule has 0 aliphatic carbocycles. The lowest BCUT2D eigenvalue weighted by Gasteiger charge is -2.37. The van der Waals surface area contributed by atoms with Crippen molar-refractivity contribution >= 4 is 34.5 Å². The van der Waals surface area contributed by atoms with Crippen molar-refractivity contribution in [2.45, 2.75) is 38.8 Å². The number of aryl methyl sites for hydroxylation is 1. The number of aliphatic carboxylic acids is 1. The Kier molecular flexibility index (Phi) is 6.62. The lowest BCUT2D eigenvalue weighted by Crippen LogP contribution is -2.38. The van der Waals surface area contributed by atoms with Crippen LogP contribution in [0.1, 0.15) is 43.2 Å². The second kappa shape index (κ2) is 9.58. The standard InChI is InChI=1S/C24H24FN3O3S/c1-15-14-32-23(26-15)16-7-12-19-20(13-16)27-21(5-3-4-6-22(29)30)28(24(19)31-2)18-10-8-17(25)9-11-18/h7-14,24H,3-6H2,1-2H3,(H,29,30). The average molecular weight is 454 g/mol. The maximum atomic E-state index is 13.6. The largest absolute Gasteiger partial charge is 0.481 e. The van der Waals surface area contributed by atoms with E-state index in [1.54, 1.807) is 30.6 Å². The number of nitrogens with zero attached hydrogens (tertiary/aromatic N) is 3. The number of carboxylic acids is 1. The number of carbonyl (C=O) groups is 1. The van der Waals surface area contributed by atoms with Crippen molar-refractivity contribution in [3.05, 3.63) is 64.9 Å². The fraction of sp³-hybridized carbons (Fsp3) is 0.292. The second-order valence-electron chi connectivity index (χ2n) is 7.63. The quantitative estimate of drug-likeness (QED) is 0.417. The van der Waals surface area contributed by atoms with Gasteiger partial charge in [0.25, 0.3) is 0 Å². The highest BCUT2D eigenvalue weighted by atomic mass is 32.1. The second-order valence-corrected chi connectivity index (χ2v) is 8.49. The number of benzene rings is 2. The van der Waals surface area contributed by atoms with E-state index >= 15 is 0 Å². The Labute approximate surface area is 190 Å². The van der Waals surface area contributed by atoms with Gasteiger partial charge in [-0.3, -0.25) is 9.69 Å². The Bertz CT molecular complexity index is 1140. The third-order valence-electron chi connectivity index (χ3n) is 5.29. The lowest BCUT2D eigenvalue weighted by molar-refractivity contribution is -0.137. The van der Waals surface area contributed by atoms with E-state index in [1.165, 1.54) is 12.1 Å². The topological polar surface area (TPSA) is 75.0 Å². The molecule has 0 radical (unpaired) electrons. The number of amidine groups is 1. The summed E-state index contributed by atoms with van der Waals surface area (Å²) in [6.45, 7) is 1.97. The molecular weight excluding hydrogens is 429 g/mol. The predicted molar refractivity (Wildman–Crippen MR) is 124 cm³/mol. The molecule has 1 aliphatic heterocycles. The number of ether oxygens (including phenoxy) is 1. The Hall–Kier alpha value is -3.10. The van der Waals surface area contributed by atoms with Crippen LogP contribution in [-0.4, -0.2) is 29.0 Å². The Morgan fingerprint density at radius 1 is 1.22 bits per heavy atom. The van der Waals surface area contributed by atoms with Crippen LogP contribution >= 0.6 is 11.3 Å². The number of aromatic nitrogens is 1. The van der Waals surface area contributed by atoms with Gasteiger partial charge in [-0.1, -0.05) is 12.1 Å². The van der Waals surface area contributed by atoms with Crippen molar-refractivity contribution in [3.8, 4) is 10.6 Å². The maximum absolute atomic E-state index is 13.6. The zero-order valence-corrected chi connectivity index (χ0v) is 18.7. The van der Waals surface area contributed by atoms with Crippen molar-refractivity contribution in [2.24, 2.45) is 4.99 Å². The molecule has 0 spiro atoms. The summed E-state index contributed by atoms with van der Waals surface area (Å²) in [4.78, 5) is 22.4. The number of halogens is 1. The summed E-state index contributed by atoms with van der Waals surface area (Å²) < 4.78 is 19.4. The molecule has 4 rings (SSSR count). The molecule has 166 valence electrons. The minimum Gasteiger partial charge on any atom is -0.481 e. The fourth-order valence-electron chi connectivity index (χ4n) is 3.79. The number of fused-ring (bicyclic) bond motifs is 1. The van der Waals surface area contributed by atoms with Crippen LogP contribution in [0, 0.1) is 12.7 Å². The van der Waals surface area contributed by atoms with E-state index < -0.39 is 12.2 Å². The molecular formula is C24H24FN3O3S. The monoisotopic (exact) mass is 453 g/mol. The Morgan fingerprint density at radius 2 is 2.00 bits per heavy atom. The highest BCUT2D eigenvalue weighted by Gasteiger charge is 2.31. The van der Waals surface area contributed by atoms with Gasteiger partial charge in [0, 0.05) is 47.8 Å². The van der Waals surface area contributed by atoms with E-state index in [1.807, 2.05) is 35.4 Å². The minimum atomic E-state index is -0.811. The number of anilines is 1. The van der Waals surface area contributed by atoms with Gasteiger partial charge in [-0.2, -0.15) is 0 Å². The Balaban J connectivity index is 1.73. The van der Waals surface area contributed by atoms with E-state index in [4.69, 9.17) is 14.8 Å². The molecule has 0 saturated carbocycles. The van der Waals surface area contributed by atoms with Crippen LogP contribution in [0.15, 0.2) is 52.8 Å². The first-order chi connectivity index (χ1) is 15.5. The normalized spacial score (nSPS) is 15.4. The van der Waals surface area contributed by atoms with Crippen LogP contribution in [0.5, 0.6) is 0 Å². The molecule has 0 fully saturated rings. The van der Waals surface area contributed by atoms with Crippen LogP contribution in [0.3, 0.4) is 0 Å². The van der Waals surface area contributed by atoms with Gasteiger partial charge in [0.05, 0.1) is 5.69 Å². The average Bonchev–Trinajstić information content (AvgIpc) is 3.22. The van der Waals surface area contributed by atoms with Gasteiger partial charge in [-0.25, -0.2) is 14.4 Å². The molecule has 1 aromatic heterocycles. The van der Waals surface area contributed by atoms with Gasteiger partial charge in [0.2, 0.25) is 0 Å². The molecule has 0 amide bonds. The molecule has 0 bridgehead atoms. The molecule has 2 heterocycles. The van der Waals surface area contributed by atoms with Crippen LogP contribution in [-0.2, 0) is 9.53 Å². The third kappa shape index (κ3) is 4.71. The number of carboxylic acid groups (broad SMARTS) is 1. The summed E-state index contributed by atoms with van der Waals surface area (Å²) in [6, 6.07) is 12.2. The number of rotatable bonds is 8. The van der Waals surface area contributed by atoms with Crippen LogP contribution in [0.4, 0.5) is 15.8 Å². The minimum absolute atomic E-state index is 0.113. The third-order valence-corrected chi connectivity index (χ3v) is 6.30. The Morgan fingerprint density at radius 3 is 2.66 bits per heavy atom. The van der Waals surface area contributed by atoms with Gasteiger partial charge < -0.3 is 9.84 Å². The molecule has 0 saturated heterocycles. The summed E-state index contributed by atoms with van der Waals surface area (Å²) in [6.07, 6.45) is 1.47. The number of unbranched alkanes of at least 4 members (excludes halogenated alkanes) is 1. The van der Waals surface area contributed by atoms with Crippen LogP contribution in [0.25, 0.3) is 10.6 Å². The van der Waals surface area contributed by atoms with E-state index in [0.717, 1.165) is 39.0 Å². The van der Waals surface area contributed by atoms with Gasteiger partial charge in [0.15, 0.2) is 6.23 Å². The number of thiazole rings is 1. The highest BCUT2D eigenvalue weighted by Crippen LogP contribution is 2.41. The van der Waals surface area contributed by atoms with Crippen molar-refractivity contribution in [1.82, 2.24) is 4.98 Å². The van der Waals surface area contributed by atoms with Crippen molar-refractivity contribution in [2.75, 3.05) is 12.0 Å². The SMILES string of the molecule is COC1c2ccc(-c3nc(C)cs3)cc2N=C(CCCCC(=O)O)N1c1ccc(F)cc1.